The van der Waals surface area contributed by atoms with Gasteiger partial charge in [-0.1, -0.05) is 0 Å². The number of hydrogen-bond acceptors (Lipinski definition) is 4. The van der Waals surface area contributed by atoms with Gasteiger partial charge in [-0.25, -0.2) is 0 Å². The highest BCUT2D eigenvalue weighted by atomic mass is 32.2. The first kappa shape index (κ1) is 8.87. The topological polar surface area (TPSA) is 63.6 Å². The van der Waals surface area contributed by atoms with Crippen molar-refractivity contribution in [3.63, 3.8) is 0 Å². The van der Waals surface area contributed by atoms with Crippen LogP contribution >= 0.6 is 0 Å². The van der Waals surface area contributed by atoms with Gasteiger partial charge in [0.2, 0.25) is 0 Å². The van der Waals surface area contributed by atoms with Gasteiger partial charge in [-0.2, -0.15) is 8.42 Å². The summed E-state index contributed by atoms with van der Waals surface area (Å²) in [5.74, 6) is 0. The number of aliphatic hydroxyl groups is 1. The maximum atomic E-state index is 10.2. The molecule has 0 saturated heterocycles. The highest BCUT2D eigenvalue weighted by Crippen LogP contribution is 1.88. The molecule has 0 aliphatic rings. The second kappa shape index (κ2) is 3.14. The van der Waals surface area contributed by atoms with E-state index in [9.17, 15) is 8.42 Å². The van der Waals surface area contributed by atoms with E-state index in [1.54, 1.807) is 0 Å². The van der Waals surface area contributed by atoms with Crippen LogP contribution < -0.4 is 0 Å². The summed E-state index contributed by atoms with van der Waals surface area (Å²) >= 11 is 0. The lowest BCUT2D eigenvalue weighted by molar-refractivity contribution is 0.126. The summed E-state index contributed by atoms with van der Waals surface area (Å²) in [6.07, 6.45) is 0.203. The first-order valence-corrected chi connectivity index (χ1v) is 4.26. The molecule has 1 atom stereocenters. The van der Waals surface area contributed by atoms with Gasteiger partial charge in [-0.3, -0.25) is 4.18 Å². The van der Waals surface area contributed by atoms with E-state index >= 15 is 0 Å². The Labute approximate surface area is 54.6 Å². The maximum absolute atomic E-state index is 10.2. The van der Waals surface area contributed by atoms with Gasteiger partial charge in [0.25, 0.3) is 10.1 Å². The highest BCUT2D eigenvalue weighted by molar-refractivity contribution is 7.85. The van der Waals surface area contributed by atoms with Gasteiger partial charge in [0.15, 0.2) is 0 Å². The zero-order valence-corrected chi connectivity index (χ0v) is 6.18. The van der Waals surface area contributed by atoms with Crippen molar-refractivity contribution in [1.82, 2.24) is 0 Å². The van der Waals surface area contributed by atoms with Gasteiger partial charge in [0, 0.05) is 0 Å². The Morgan fingerprint density at radius 2 is 2.11 bits per heavy atom. The van der Waals surface area contributed by atoms with Crippen LogP contribution in [-0.4, -0.2) is 32.5 Å². The smallest absolute Gasteiger partial charge is 0.264 e. The lowest BCUT2D eigenvalue weighted by Crippen LogP contribution is -2.14. The van der Waals surface area contributed by atoms with Gasteiger partial charge >= 0.3 is 0 Å². The molecule has 0 aromatic rings. The highest BCUT2D eigenvalue weighted by Gasteiger charge is 2.03. The summed E-state index contributed by atoms with van der Waals surface area (Å²) in [5, 5.41) is 8.53. The molecule has 0 aliphatic heterocycles. The van der Waals surface area contributed by atoms with Crippen LogP contribution in [0.15, 0.2) is 0 Å². The van der Waals surface area contributed by atoms with Gasteiger partial charge in [0.05, 0.1) is 19.0 Å². The molecule has 0 rings (SSSR count). The van der Waals surface area contributed by atoms with Gasteiger partial charge < -0.3 is 5.11 Å². The Bertz CT molecular complexity index is 157. The Morgan fingerprint density at radius 1 is 1.67 bits per heavy atom. The molecule has 1 N–H and O–H groups in total. The van der Waals surface area contributed by atoms with Crippen molar-refractivity contribution in [1.29, 1.82) is 0 Å². The van der Waals surface area contributed by atoms with Crippen LogP contribution in [0.2, 0.25) is 0 Å². The molecule has 0 spiro atoms. The van der Waals surface area contributed by atoms with Gasteiger partial charge in [0.1, 0.15) is 0 Å². The van der Waals surface area contributed by atoms with Crippen LogP contribution in [0.5, 0.6) is 0 Å². The molecule has 0 bridgehead atoms. The summed E-state index contributed by atoms with van der Waals surface area (Å²) in [5.41, 5.74) is 0. The molecule has 0 radical (unpaired) electrons. The second-order valence-electron chi connectivity index (χ2n) is 1.84. The molecule has 0 aliphatic carbocycles. The Hall–Kier alpha value is -0.130. The van der Waals surface area contributed by atoms with E-state index in [0.29, 0.717) is 0 Å². The Morgan fingerprint density at radius 3 is 2.22 bits per heavy atom. The molecule has 9 heavy (non-hydrogen) atoms. The predicted molar refractivity (Wildman–Crippen MR) is 32.5 cm³/mol. The first-order chi connectivity index (χ1) is 3.92. The Balaban J connectivity index is 3.53. The predicted octanol–water partition coefficient (Wildman–Crippen LogP) is -0.657. The van der Waals surface area contributed by atoms with E-state index in [4.69, 9.17) is 5.11 Å². The number of hydrogen-bond donors (Lipinski definition) is 1. The van der Waals surface area contributed by atoms with Crippen molar-refractivity contribution in [2.45, 2.75) is 13.0 Å². The second-order valence-corrected chi connectivity index (χ2v) is 3.48. The molecule has 0 amide bonds. The minimum atomic E-state index is -3.38. The van der Waals surface area contributed by atoms with Crippen LogP contribution in [0.1, 0.15) is 6.92 Å². The largest absolute Gasteiger partial charge is 0.391 e. The summed E-state index contributed by atoms with van der Waals surface area (Å²) in [7, 11) is -3.38. The monoisotopic (exact) mass is 154 g/mol. The average molecular weight is 154 g/mol. The molecule has 5 heteroatoms. The summed E-state index contributed by atoms with van der Waals surface area (Å²) in [6.45, 7) is 1.28. The maximum Gasteiger partial charge on any atom is 0.264 e. The summed E-state index contributed by atoms with van der Waals surface area (Å²) in [4.78, 5) is 0. The third kappa shape index (κ3) is 7.87. The SMILES string of the molecule is C[C@@H](O)COS(C)(=O)=O. The van der Waals surface area contributed by atoms with Crippen molar-refractivity contribution in [2.24, 2.45) is 0 Å². The fourth-order valence-electron chi connectivity index (χ4n) is 0.222. The zero-order valence-electron chi connectivity index (χ0n) is 5.36. The van der Waals surface area contributed by atoms with Crippen LogP contribution in [0.25, 0.3) is 0 Å². The van der Waals surface area contributed by atoms with Crippen LogP contribution in [0.3, 0.4) is 0 Å². The van der Waals surface area contributed by atoms with Crippen molar-refractivity contribution in [2.75, 3.05) is 12.9 Å². The van der Waals surface area contributed by atoms with E-state index in [0.717, 1.165) is 6.26 Å². The molecular weight excluding hydrogens is 144 g/mol. The molecule has 4 nitrogen and oxygen atoms in total. The van der Waals surface area contributed by atoms with Crippen molar-refractivity contribution in [3.05, 3.63) is 0 Å². The van der Waals surface area contributed by atoms with Crippen molar-refractivity contribution < 1.29 is 17.7 Å². The summed E-state index contributed by atoms with van der Waals surface area (Å²) in [6, 6.07) is 0. The molecule has 0 fully saturated rings. The molecule has 0 saturated carbocycles. The molecule has 56 valence electrons. The molecular formula is C4H10O4S. The lowest BCUT2D eigenvalue weighted by Gasteiger charge is -2.01. The van der Waals surface area contributed by atoms with E-state index in [1.807, 2.05) is 0 Å². The van der Waals surface area contributed by atoms with Crippen molar-refractivity contribution in [3.8, 4) is 0 Å². The molecule has 0 aromatic carbocycles. The number of aliphatic hydroxyl groups excluding tert-OH is 1. The third-order valence-electron chi connectivity index (χ3n) is 0.523. The minimum absolute atomic E-state index is 0.168. The van der Waals surface area contributed by atoms with E-state index in [1.165, 1.54) is 6.92 Å². The van der Waals surface area contributed by atoms with Crippen LogP contribution in [0, 0.1) is 0 Å². The standard InChI is InChI=1S/C4H10O4S/c1-4(5)3-8-9(2,6)7/h4-5H,3H2,1-2H3/t4-/m1/s1. The fourth-order valence-corrected chi connectivity index (χ4v) is 0.666. The fraction of sp³-hybridized carbons (Fsp3) is 1.00. The van der Waals surface area contributed by atoms with E-state index in [2.05, 4.69) is 4.18 Å². The Kier molecular flexibility index (Phi) is 3.10. The van der Waals surface area contributed by atoms with Gasteiger partial charge in [-0.05, 0) is 6.92 Å². The van der Waals surface area contributed by atoms with E-state index in [-0.39, 0.29) is 6.61 Å². The van der Waals surface area contributed by atoms with Gasteiger partial charge in [-0.15, -0.1) is 0 Å². The molecule has 0 aromatic heterocycles. The van der Waals surface area contributed by atoms with E-state index < -0.39 is 16.2 Å². The summed E-state index contributed by atoms with van der Waals surface area (Å²) < 4.78 is 24.6. The third-order valence-corrected chi connectivity index (χ3v) is 1.09. The first-order valence-electron chi connectivity index (χ1n) is 2.44. The molecule has 0 unspecified atom stereocenters. The van der Waals surface area contributed by atoms with Crippen LogP contribution in [0.4, 0.5) is 0 Å². The quantitative estimate of drug-likeness (QED) is 0.548. The molecule has 0 heterocycles. The number of rotatable bonds is 3. The lowest BCUT2D eigenvalue weighted by atomic mass is 10.5. The average Bonchev–Trinajstić information content (AvgIpc) is 1.59. The normalized spacial score (nSPS) is 15.4. The van der Waals surface area contributed by atoms with Crippen molar-refractivity contribution >= 4 is 10.1 Å². The zero-order chi connectivity index (χ0) is 7.49. The van der Waals surface area contributed by atoms with Crippen LogP contribution in [-0.2, 0) is 14.3 Å². The minimum Gasteiger partial charge on any atom is -0.391 e.